The summed E-state index contributed by atoms with van der Waals surface area (Å²) in [6.07, 6.45) is 1.65. The van der Waals surface area contributed by atoms with E-state index in [1.165, 1.54) is 0 Å². The largest absolute Gasteiger partial charge is 0.480 e. The summed E-state index contributed by atoms with van der Waals surface area (Å²) in [6, 6.07) is 0.429. The lowest BCUT2D eigenvalue weighted by Crippen LogP contribution is -2.52. The number of rotatable bonds is 6. The molecule has 5 nitrogen and oxygen atoms in total. The summed E-state index contributed by atoms with van der Waals surface area (Å²) in [5.74, 6) is -0.790. The first kappa shape index (κ1) is 14.4. The number of nitrogens with zero attached hydrogens (tertiary/aromatic N) is 1. The van der Waals surface area contributed by atoms with Gasteiger partial charge in [-0.15, -0.1) is 0 Å². The van der Waals surface area contributed by atoms with Crippen molar-refractivity contribution in [3.05, 3.63) is 0 Å². The first-order chi connectivity index (χ1) is 8.03. The summed E-state index contributed by atoms with van der Waals surface area (Å²) in [4.78, 5) is 13.5. The number of morpholine rings is 1. The molecule has 1 rings (SSSR count). The number of ether oxygens (including phenoxy) is 1. The third kappa shape index (κ3) is 3.66. The number of likely N-dealkylation sites (N-methyl/N-ethyl adjacent to an activating group) is 1. The average molecular weight is 244 g/mol. The number of nitrogens with one attached hydrogen (secondary N) is 1. The minimum atomic E-state index is -0.837. The van der Waals surface area contributed by atoms with E-state index in [1.807, 2.05) is 0 Å². The van der Waals surface area contributed by atoms with Crippen LogP contribution in [0.2, 0.25) is 0 Å². The smallest absolute Gasteiger partial charge is 0.323 e. The molecule has 0 saturated carbocycles. The topological polar surface area (TPSA) is 61.8 Å². The van der Waals surface area contributed by atoms with E-state index in [0.29, 0.717) is 12.5 Å². The Morgan fingerprint density at radius 3 is 2.88 bits per heavy atom. The van der Waals surface area contributed by atoms with E-state index in [9.17, 15) is 9.90 Å². The molecule has 0 spiro atoms. The highest BCUT2D eigenvalue weighted by Gasteiger charge is 2.32. The van der Waals surface area contributed by atoms with Crippen LogP contribution in [0.5, 0.6) is 0 Å². The molecule has 0 aromatic rings. The van der Waals surface area contributed by atoms with Crippen LogP contribution in [0.3, 0.4) is 0 Å². The molecular formula is C12H24N2O3. The zero-order valence-corrected chi connectivity index (χ0v) is 11.0. The minimum Gasteiger partial charge on any atom is -0.480 e. The fourth-order valence-electron chi connectivity index (χ4n) is 2.07. The summed E-state index contributed by atoms with van der Waals surface area (Å²) < 4.78 is 5.44. The standard InChI is InChI=1S/C12H24N2O3/c1-4-10-9-17-8-7-14(10)6-5-12(2,13-3)11(15)16/h10,13H,4-9H2,1-3H3,(H,15,16). The molecule has 5 heteroatoms. The Morgan fingerprint density at radius 1 is 1.65 bits per heavy atom. The van der Waals surface area contributed by atoms with Crippen molar-refractivity contribution in [1.29, 1.82) is 0 Å². The van der Waals surface area contributed by atoms with Crippen molar-refractivity contribution >= 4 is 5.97 Å². The van der Waals surface area contributed by atoms with Gasteiger partial charge in [-0.05, 0) is 26.8 Å². The van der Waals surface area contributed by atoms with Crippen molar-refractivity contribution in [2.24, 2.45) is 0 Å². The van der Waals surface area contributed by atoms with E-state index in [2.05, 4.69) is 17.1 Å². The number of aliphatic carboxylic acids is 1. The van der Waals surface area contributed by atoms with Crippen molar-refractivity contribution in [2.45, 2.75) is 38.3 Å². The highest BCUT2D eigenvalue weighted by atomic mass is 16.5. The summed E-state index contributed by atoms with van der Waals surface area (Å²) >= 11 is 0. The Kier molecular flexibility index (Phi) is 5.36. The molecule has 0 radical (unpaired) electrons. The monoisotopic (exact) mass is 244 g/mol. The molecule has 0 aromatic heterocycles. The molecule has 1 aliphatic heterocycles. The predicted molar refractivity (Wildman–Crippen MR) is 66.2 cm³/mol. The van der Waals surface area contributed by atoms with Crippen molar-refractivity contribution in [2.75, 3.05) is 33.4 Å². The first-order valence-electron chi connectivity index (χ1n) is 6.27. The SMILES string of the molecule is CCC1COCCN1CCC(C)(NC)C(=O)O. The van der Waals surface area contributed by atoms with Gasteiger partial charge in [-0.25, -0.2) is 0 Å². The highest BCUT2D eigenvalue weighted by Crippen LogP contribution is 2.15. The summed E-state index contributed by atoms with van der Waals surface area (Å²) in [5, 5.41) is 12.1. The maximum atomic E-state index is 11.2. The van der Waals surface area contributed by atoms with Gasteiger partial charge in [0, 0.05) is 19.1 Å². The van der Waals surface area contributed by atoms with Crippen LogP contribution < -0.4 is 5.32 Å². The van der Waals surface area contributed by atoms with E-state index < -0.39 is 11.5 Å². The van der Waals surface area contributed by atoms with Crippen molar-refractivity contribution in [1.82, 2.24) is 10.2 Å². The Morgan fingerprint density at radius 2 is 2.35 bits per heavy atom. The van der Waals surface area contributed by atoms with Crippen LogP contribution in [0.25, 0.3) is 0 Å². The van der Waals surface area contributed by atoms with Crippen LogP contribution in [0.1, 0.15) is 26.7 Å². The predicted octanol–water partition coefficient (Wildman–Crippen LogP) is 0.550. The van der Waals surface area contributed by atoms with Crippen molar-refractivity contribution < 1.29 is 14.6 Å². The van der Waals surface area contributed by atoms with Crippen LogP contribution in [-0.2, 0) is 9.53 Å². The third-order valence-electron chi connectivity index (χ3n) is 3.74. The fraction of sp³-hybridized carbons (Fsp3) is 0.917. The molecule has 0 aromatic carbocycles. The second kappa shape index (κ2) is 6.33. The van der Waals surface area contributed by atoms with Gasteiger partial charge in [0.2, 0.25) is 0 Å². The Balaban J connectivity index is 2.50. The molecule has 0 bridgehead atoms. The number of carbonyl (C=O) groups is 1. The van der Waals surface area contributed by atoms with Gasteiger partial charge in [-0.3, -0.25) is 9.69 Å². The van der Waals surface area contributed by atoms with Gasteiger partial charge in [0.25, 0.3) is 0 Å². The van der Waals surface area contributed by atoms with Crippen LogP contribution in [0, 0.1) is 0 Å². The van der Waals surface area contributed by atoms with Crippen LogP contribution in [0.15, 0.2) is 0 Å². The molecule has 0 amide bonds. The van der Waals surface area contributed by atoms with Crippen molar-refractivity contribution in [3.63, 3.8) is 0 Å². The molecule has 1 fully saturated rings. The van der Waals surface area contributed by atoms with E-state index in [1.54, 1.807) is 14.0 Å². The van der Waals surface area contributed by atoms with Gasteiger partial charge in [0.1, 0.15) is 5.54 Å². The lowest BCUT2D eigenvalue weighted by molar-refractivity contribution is -0.144. The molecule has 1 heterocycles. The second-order valence-corrected chi connectivity index (χ2v) is 4.81. The highest BCUT2D eigenvalue weighted by molar-refractivity contribution is 5.78. The zero-order valence-electron chi connectivity index (χ0n) is 11.0. The van der Waals surface area contributed by atoms with E-state index in [4.69, 9.17) is 4.74 Å². The Labute approximate surface area is 103 Å². The quantitative estimate of drug-likeness (QED) is 0.714. The van der Waals surface area contributed by atoms with E-state index >= 15 is 0 Å². The molecular weight excluding hydrogens is 220 g/mol. The number of carboxylic acid groups (broad SMARTS) is 1. The molecule has 1 saturated heterocycles. The van der Waals surface area contributed by atoms with Gasteiger partial charge >= 0.3 is 5.97 Å². The molecule has 1 aliphatic rings. The van der Waals surface area contributed by atoms with Gasteiger partial charge in [0.05, 0.1) is 13.2 Å². The molecule has 2 atom stereocenters. The summed E-state index contributed by atoms with van der Waals surface area (Å²) in [6.45, 7) is 7.08. The lowest BCUT2D eigenvalue weighted by Gasteiger charge is -2.37. The van der Waals surface area contributed by atoms with Crippen molar-refractivity contribution in [3.8, 4) is 0 Å². The molecule has 2 unspecified atom stereocenters. The molecule has 100 valence electrons. The normalized spacial score (nSPS) is 25.5. The van der Waals surface area contributed by atoms with E-state index in [-0.39, 0.29) is 0 Å². The first-order valence-corrected chi connectivity index (χ1v) is 6.27. The maximum Gasteiger partial charge on any atom is 0.323 e. The zero-order chi connectivity index (χ0) is 12.9. The average Bonchev–Trinajstić information content (AvgIpc) is 2.36. The Hall–Kier alpha value is -0.650. The number of hydrogen-bond acceptors (Lipinski definition) is 4. The molecule has 2 N–H and O–H groups in total. The van der Waals surface area contributed by atoms with Crippen LogP contribution >= 0.6 is 0 Å². The Bertz CT molecular complexity index is 260. The maximum absolute atomic E-state index is 11.2. The molecule has 0 aliphatic carbocycles. The van der Waals surface area contributed by atoms with Crippen LogP contribution in [-0.4, -0.2) is 60.9 Å². The van der Waals surface area contributed by atoms with E-state index in [0.717, 1.165) is 32.7 Å². The van der Waals surface area contributed by atoms with Gasteiger partial charge < -0.3 is 15.2 Å². The van der Waals surface area contributed by atoms with Gasteiger partial charge in [-0.2, -0.15) is 0 Å². The lowest BCUT2D eigenvalue weighted by atomic mass is 9.97. The summed E-state index contributed by atoms with van der Waals surface area (Å²) in [7, 11) is 1.70. The number of hydrogen-bond donors (Lipinski definition) is 2. The number of carboxylic acids is 1. The van der Waals surface area contributed by atoms with Gasteiger partial charge in [0.15, 0.2) is 0 Å². The van der Waals surface area contributed by atoms with Gasteiger partial charge in [-0.1, -0.05) is 6.92 Å². The summed E-state index contributed by atoms with van der Waals surface area (Å²) in [5.41, 5.74) is -0.837. The third-order valence-corrected chi connectivity index (χ3v) is 3.74. The minimum absolute atomic E-state index is 0.429. The molecule has 17 heavy (non-hydrogen) atoms. The second-order valence-electron chi connectivity index (χ2n) is 4.81. The fourth-order valence-corrected chi connectivity index (χ4v) is 2.07. The van der Waals surface area contributed by atoms with Crippen LogP contribution in [0.4, 0.5) is 0 Å².